The maximum absolute atomic E-state index is 12.5. The summed E-state index contributed by atoms with van der Waals surface area (Å²) >= 11 is 0. The largest absolute Gasteiger partial charge is 0.337 e. The highest BCUT2D eigenvalue weighted by Gasteiger charge is 2.22. The van der Waals surface area contributed by atoms with Gasteiger partial charge in [0.1, 0.15) is 5.56 Å². The van der Waals surface area contributed by atoms with Crippen molar-refractivity contribution >= 4 is 5.91 Å². The molecule has 8 heteroatoms. The molecule has 1 aliphatic rings. The molecule has 3 heterocycles. The molecule has 1 aliphatic heterocycles. The molecule has 0 bridgehead atoms. The van der Waals surface area contributed by atoms with Crippen LogP contribution in [0.15, 0.2) is 40.3 Å². The van der Waals surface area contributed by atoms with Gasteiger partial charge in [-0.3, -0.25) is 24.5 Å². The summed E-state index contributed by atoms with van der Waals surface area (Å²) in [5.41, 5.74) is -0.167. The van der Waals surface area contributed by atoms with Crippen LogP contribution >= 0.6 is 0 Å². The average Bonchev–Trinajstić information content (AvgIpc) is 2.81. The Morgan fingerprint density at radius 1 is 1.21 bits per heavy atom. The smallest absolute Gasteiger partial charge is 0.325 e. The summed E-state index contributed by atoms with van der Waals surface area (Å²) in [6.45, 7) is 3.51. The summed E-state index contributed by atoms with van der Waals surface area (Å²) in [6.07, 6.45) is 5.59. The number of nitrogens with one attached hydrogen (secondary N) is 2. The molecule has 0 atom stereocenters. The SMILES string of the molecule is O=C(c1c[nH]c(=O)[nH]c1=O)N1CCCN(Cc2cccnc2)CC1. The molecule has 3 rings (SSSR count). The third kappa shape index (κ3) is 3.77. The van der Waals surface area contributed by atoms with E-state index in [4.69, 9.17) is 0 Å². The lowest BCUT2D eigenvalue weighted by molar-refractivity contribution is 0.0758. The first-order valence-electron chi connectivity index (χ1n) is 7.86. The van der Waals surface area contributed by atoms with Gasteiger partial charge in [-0.05, 0) is 18.1 Å². The lowest BCUT2D eigenvalue weighted by atomic mass is 10.2. The van der Waals surface area contributed by atoms with E-state index in [-0.39, 0.29) is 11.5 Å². The quantitative estimate of drug-likeness (QED) is 0.812. The van der Waals surface area contributed by atoms with Crippen LogP contribution in [-0.4, -0.2) is 56.8 Å². The van der Waals surface area contributed by atoms with Gasteiger partial charge in [0.2, 0.25) is 0 Å². The van der Waals surface area contributed by atoms with Crippen molar-refractivity contribution in [1.29, 1.82) is 0 Å². The van der Waals surface area contributed by atoms with Crippen molar-refractivity contribution in [1.82, 2.24) is 24.8 Å². The summed E-state index contributed by atoms with van der Waals surface area (Å²) in [6, 6.07) is 3.94. The molecule has 2 aromatic heterocycles. The third-order valence-electron chi connectivity index (χ3n) is 4.05. The van der Waals surface area contributed by atoms with Gasteiger partial charge in [-0.1, -0.05) is 6.07 Å². The van der Waals surface area contributed by atoms with Crippen molar-refractivity contribution in [3.05, 3.63) is 62.7 Å². The predicted octanol–water partition coefficient (Wildman–Crippen LogP) is -0.194. The van der Waals surface area contributed by atoms with E-state index in [2.05, 4.69) is 19.9 Å². The molecule has 0 aliphatic carbocycles. The maximum Gasteiger partial charge on any atom is 0.325 e. The number of amides is 1. The van der Waals surface area contributed by atoms with E-state index in [0.717, 1.165) is 31.6 Å². The molecule has 126 valence electrons. The number of aromatic amines is 2. The van der Waals surface area contributed by atoms with Crippen molar-refractivity contribution in [2.45, 2.75) is 13.0 Å². The van der Waals surface area contributed by atoms with Crippen LogP contribution in [0.4, 0.5) is 0 Å². The zero-order valence-electron chi connectivity index (χ0n) is 13.2. The molecule has 2 N–H and O–H groups in total. The fraction of sp³-hybridized carbons (Fsp3) is 0.375. The number of hydrogen-bond acceptors (Lipinski definition) is 5. The zero-order valence-corrected chi connectivity index (χ0v) is 13.2. The Bertz CT molecular complexity index is 814. The van der Waals surface area contributed by atoms with Crippen LogP contribution in [0.3, 0.4) is 0 Å². The number of nitrogens with zero attached hydrogens (tertiary/aromatic N) is 3. The van der Waals surface area contributed by atoms with Crippen LogP contribution in [-0.2, 0) is 6.54 Å². The van der Waals surface area contributed by atoms with E-state index in [1.807, 2.05) is 18.3 Å². The van der Waals surface area contributed by atoms with Gasteiger partial charge in [0.05, 0.1) is 0 Å². The van der Waals surface area contributed by atoms with Crippen LogP contribution in [0.2, 0.25) is 0 Å². The van der Waals surface area contributed by atoms with Gasteiger partial charge >= 0.3 is 5.69 Å². The van der Waals surface area contributed by atoms with Crippen molar-refractivity contribution in [2.24, 2.45) is 0 Å². The lowest BCUT2D eigenvalue weighted by Crippen LogP contribution is -2.39. The minimum Gasteiger partial charge on any atom is -0.337 e. The van der Waals surface area contributed by atoms with Crippen molar-refractivity contribution in [2.75, 3.05) is 26.2 Å². The Hall–Kier alpha value is -2.74. The van der Waals surface area contributed by atoms with Crippen LogP contribution in [0.25, 0.3) is 0 Å². The zero-order chi connectivity index (χ0) is 16.9. The number of carbonyl (C=O) groups is 1. The first-order valence-corrected chi connectivity index (χ1v) is 7.86. The summed E-state index contributed by atoms with van der Waals surface area (Å²) in [4.78, 5) is 47.8. The maximum atomic E-state index is 12.5. The molecule has 0 saturated carbocycles. The monoisotopic (exact) mass is 329 g/mol. The highest BCUT2D eigenvalue weighted by atomic mass is 16.2. The first-order chi connectivity index (χ1) is 11.6. The van der Waals surface area contributed by atoms with Crippen molar-refractivity contribution < 1.29 is 4.79 Å². The average molecular weight is 329 g/mol. The van der Waals surface area contributed by atoms with E-state index < -0.39 is 11.2 Å². The molecular weight excluding hydrogens is 310 g/mol. The molecule has 0 aromatic carbocycles. The Labute approximate surface area is 138 Å². The molecule has 24 heavy (non-hydrogen) atoms. The second-order valence-corrected chi connectivity index (χ2v) is 5.77. The second-order valence-electron chi connectivity index (χ2n) is 5.77. The van der Waals surface area contributed by atoms with Crippen LogP contribution < -0.4 is 11.2 Å². The number of pyridine rings is 1. The number of rotatable bonds is 3. The van der Waals surface area contributed by atoms with Gasteiger partial charge in [-0.2, -0.15) is 0 Å². The number of H-pyrrole nitrogens is 2. The molecule has 1 fully saturated rings. The Kier molecular flexibility index (Phi) is 4.85. The van der Waals surface area contributed by atoms with Gasteiger partial charge in [-0.15, -0.1) is 0 Å². The van der Waals surface area contributed by atoms with Gasteiger partial charge in [0.15, 0.2) is 0 Å². The normalized spacial score (nSPS) is 15.9. The fourth-order valence-corrected chi connectivity index (χ4v) is 2.82. The molecular formula is C16H19N5O3. The third-order valence-corrected chi connectivity index (χ3v) is 4.05. The van der Waals surface area contributed by atoms with Gasteiger partial charge in [-0.25, -0.2) is 4.79 Å². The molecule has 0 spiro atoms. The lowest BCUT2D eigenvalue weighted by Gasteiger charge is -2.21. The Morgan fingerprint density at radius 3 is 2.83 bits per heavy atom. The molecule has 1 amide bonds. The summed E-state index contributed by atoms with van der Waals surface area (Å²) in [7, 11) is 0. The molecule has 0 radical (unpaired) electrons. The minimum atomic E-state index is -0.653. The molecule has 0 unspecified atom stereocenters. The first kappa shape index (κ1) is 16.1. The van der Waals surface area contributed by atoms with Gasteiger partial charge in [0.25, 0.3) is 11.5 Å². The summed E-state index contributed by atoms with van der Waals surface area (Å²) in [5.74, 6) is -0.351. The molecule has 2 aromatic rings. The number of carbonyl (C=O) groups excluding carboxylic acids is 1. The van der Waals surface area contributed by atoms with Crippen molar-refractivity contribution in [3.8, 4) is 0 Å². The van der Waals surface area contributed by atoms with Crippen LogP contribution in [0.1, 0.15) is 22.3 Å². The summed E-state index contributed by atoms with van der Waals surface area (Å²) < 4.78 is 0. The summed E-state index contributed by atoms with van der Waals surface area (Å²) in [5, 5.41) is 0. The predicted molar refractivity (Wildman–Crippen MR) is 87.7 cm³/mol. The molecule has 8 nitrogen and oxygen atoms in total. The topological polar surface area (TPSA) is 102 Å². The van der Waals surface area contributed by atoms with E-state index in [1.165, 1.54) is 6.20 Å². The van der Waals surface area contributed by atoms with Crippen molar-refractivity contribution in [3.63, 3.8) is 0 Å². The standard InChI is InChI=1S/C16H19N5O3/c22-14-13(10-18-16(24)19-14)15(23)21-6-2-5-20(7-8-21)11-12-3-1-4-17-9-12/h1,3-4,9-10H,2,5-8,11H2,(H2,18,19,22,24). The highest BCUT2D eigenvalue weighted by Crippen LogP contribution is 2.09. The highest BCUT2D eigenvalue weighted by molar-refractivity contribution is 5.93. The van der Waals surface area contributed by atoms with Gasteiger partial charge in [0, 0.05) is 51.3 Å². The van der Waals surface area contributed by atoms with Crippen LogP contribution in [0.5, 0.6) is 0 Å². The van der Waals surface area contributed by atoms with E-state index in [1.54, 1.807) is 11.1 Å². The molecule has 1 saturated heterocycles. The number of hydrogen-bond donors (Lipinski definition) is 2. The van der Waals surface area contributed by atoms with E-state index in [9.17, 15) is 14.4 Å². The Morgan fingerprint density at radius 2 is 2.08 bits per heavy atom. The van der Waals surface area contributed by atoms with E-state index in [0.29, 0.717) is 13.1 Å². The second kappa shape index (κ2) is 7.22. The van der Waals surface area contributed by atoms with E-state index >= 15 is 0 Å². The fourth-order valence-electron chi connectivity index (χ4n) is 2.82. The Balaban J connectivity index is 1.65. The van der Waals surface area contributed by atoms with Crippen LogP contribution in [0, 0.1) is 0 Å². The van der Waals surface area contributed by atoms with Gasteiger partial charge < -0.3 is 9.88 Å². The minimum absolute atomic E-state index is 0.0321. The number of aromatic nitrogens is 3.